The Labute approximate surface area is 105 Å². The molecule has 92 valence electrons. The van der Waals surface area contributed by atoms with Crippen LogP contribution < -0.4 is 22.1 Å². The zero-order valence-electron chi connectivity index (χ0n) is 9.68. The third-order valence-electron chi connectivity index (χ3n) is 2.42. The van der Waals surface area contributed by atoms with Gasteiger partial charge in [0.1, 0.15) is 0 Å². The SMILES string of the molecule is Nc1ccccc1NC(=O)Nc1ccccc1N. The minimum absolute atomic E-state index is 0.384. The van der Waals surface area contributed by atoms with Crippen LogP contribution in [-0.2, 0) is 0 Å². The molecule has 5 nitrogen and oxygen atoms in total. The fraction of sp³-hybridized carbons (Fsp3) is 0. The second kappa shape index (κ2) is 5.09. The first-order valence-corrected chi connectivity index (χ1v) is 5.44. The lowest BCUT2D eigenvalue weighted by Crippen LogP contribution is -2.20. The maximum atomic E-state index is 11.8. The molecule has 0 saturated heterocycles. The molecule has 0 aliphatic heterocycles. The standard InChI is InChI=1S/C13H14N4O/c14-9-5-1-3-7-11(9)16-13(18)17-12-8-4-2-6-10(12)15/h1-8H,14-15H2,(H2,16,17,18). The fourth-order valence-electron chi connectivity index (χ4n) is 1.50. The Bertz CT molecular complexity index is 519. The number of rotatable bonds is 2. The third kappa shape index (κ3) is 2.70. The van der Waals surface area contributed by atoms with Crippen LogP contribution in [-0.4, -0.2) is 6.03 Å². The smallest absolute Gasteiger partial charge is 0.323 e. The van der Waals surface area contributed by atoms with Gasteiger partial charge in [0.15, 0.2) is 0 Å². The first-order valence-electron chi connectivity index (χ1n) is 5.44. The molecule has 0 heterocycles. The van der Waals surface area contributed by atoms with Crippen molar-refractivity contribution in [1.82, 2.24) is 0 Å². The first-order chi connectivity index (χ1) is 8.66. The average molecular weight is 242 g/mol. The van der Waals surface area contributed by atoms with Gasteiger partial charge < -0.3 is 22.1 Å². The Balaban J connectivity index is 2.06. The largest absolute Gasteiger partial charge is 0.397 e. The molecule has 0 saturated carbocycles. The Morgan fingerprint density at radius 2 is 1.17 bits per heavy atom. The number of carbonyl (C=O) groups excluding carboxylic acids is 1. The average Bonchev–Trinajstić information content (AvgIpc) is 2.35. The van der Waals surface area contributed by atoms with Crippen molar-refractivity contribution in [1.29, 1.82) is 0 Å². The molecule has 0 aliphatic rings. The van der Waals surface area contributed by atoms with Crippen molar-refractivity contribution >= 4 is 28.8 Å². The van der Waals surface area contributed by atoms with E-state index in [9.17, 15) is 4.79 Å². The fourth-order valence-corrected chi connectivity index (χ4v) is 1.50. The molecule has 18 heavy (non-hydrogen) atoms. The van der Waals surface area contributed by atoms with E-state index in [4.69, 9.17) is 11.5 Å². The second-order valence-electron chi connectivity index (χ2n) is 3.75. The van der Waals surface area contributed by atoms with E-state index in [0.29, 0.717) is 22.7 Å². The van der Waals surface area contributed by atoms with Gasteiger partial charge in [-0.05, 0) is 24.3 Å². The number of carbonyl (C=O) groups is 1. The summed E-state index contributed by atoms with van der Waals surface area (Å²) in [6.07, 6.45) is 0. The summed E-state index contributed by atoms with van der Waals surface area (Å²) in [5.74, 6) is 0. The van der Waals surface area contributed by atoms with Gasteiger partial charge in [-0.2, -0.15) is 0 Å². The maximum absolute atomic E-state index is 11.8. The van der Waals surface area contributed by atoms with Gasteiger partial charge >= 0.3 is 6.03 Å². The topological polar surface area (TPSA) is 93.2 Å². The number of para-hydroxylation sites is 4. The molecule has 0 fully saturated rings. The molecule has 2 amide bonds. The summed E-state index contributed by atoms with van der Waals surface area (Å²) in [5, 5.41) is 5.31. The van der Waals surface area contributed by atoms with E-state index in [2.05, 4.69) is 10.6 Å². The number of hydrogen-bond donors (Lipinski definition) is 4. The highest BCUT2D eigenvalue weighted by molar-refractivity contribution is 6.03. The van der Waals surface area contributed by atoms with Crippen LogP contribution in [0.3, 0.4) is 0 Å². The number of nitrogens with two attached hydrogens (primary N) is 2. The maximum Gasteiger partial charge on any atom is 0.323 e. The van der Waals surface area contributed by atoms with Crippen LogP contribution in [0.15, 0.2) is 48.5 Å². The summed E-state index contributed by atoms with van der Waals surface area (Å²) < 4.78 is 0. The summed E-state index contributed by atoms with van der Waals surface area (Å²) in [5.41, 5.74) is 13.6. The van der Waals surface area contributed by atoms with E-state index in [1.807, 2.05) is 0 Å². The molecule has 0 spiro atoms. The van der Waals surface area contributed by atoms with E-state index in [1.165, 1.54) is 0 Å². The molecule has 6 N–H and O–H groups in total. The van der Waals surface area contributed by atoms with Gasteiger partial charge in [0.05, 0.1) is 22.7 Å². The minimum atomic E-state index is -0.384. The summed E-state index contributed by atoms with van der Waals surface area (Å²) in [6.45, 7) is 0. The molecule has 2 aromatic rings. The normalized spacial score (nSPS) is 9.78. The highest BCUT2D eigenvalue weighted by atomic mass is 16.2. The van der Waals surface area contributed by atoms with Gasteiger partial charge in [0.25, 0.3) is 0 Å². The van der Waals surface area contributed by atoms with Gasteiger partial charge in [-0.1, -0.05) is 24.3 Å². The number of amides is 2. The Hall–Kier alpha value is -2.69. The van der Waals surface area contributed by atoms with Crippen molar-refractivity contribution in [2.75, 3.05) is 22.1 Å². The number of nitrogen functional groups attached to an aromatic ring is 2. The van der Waals surface area contributed by atoms with Gasteiger partial charge in [-0.25, -0.2) is 4.79 Å². The van der Waals surface area contributed by atoms with Crippen molar-refractivity contribution in [3.63, 3.8) is 0 Å². The van der Waals surface area contributed by atoms with Crippen molar-refractivity contribution in [3.05, 3.63) is 48.5 Å². The summed E-state index contributed by atoms with van der Waals surface area (Å²) in [7, 11) is 0. The van der Waals surface area contributed by atoms with Crippen molar-refractivity contribution in [3.8, 4) is 0 Å². The van der Waals surface area contributed by atoms with E-state index < -0.39 is 0 Å². The highest BCUT2D eigenvalue weighted by Gasteiger charge is 2.06. The van der Waals surface area contributed by atoms with E-state index in [0.717, 1.165) is 0 Å². The summed E-state index contributed by atoms with van der Waals surface area (Å²) >= 11 is 0. The van der Waals surface area contributed by atoms with Crippen molar-refractivity contribution < 1.29 is 4.79 Å². The Kier molecular flexibility index (Phi) is 3.33. The van der Waals surface area contributed by atoms with Crippen LogP contribution in [0.1, 0.15) is 0 Å². The molecule has 0 aromatic heterocycles. The number of urea groups is 1. The lowest BCUT2D eigenvalue weighted by Gasteiger charge is -2.10. The summed E-state index contributed by atoms with van der Waals surface area (Å²) in [4.78, 5) is 11.8. The molecular weight excluding hydrogens is 228 g/mol. The van der Waals surface area contributed by atoms with E-state index in [1.54, 1.807) is 48.5 Å². The number of anilines is 4. The van der Waals surface area contributed by atoms with Gasteiger partial charge in [0, 0.05) is 0 Å². The molecule has 0 unspecified atom stereocenters. The quantitative estimate of drug-likeness (QED) is 0.609. The zero-order valence-corrected chi connectivity index (χ0v) is 9.68. The minimum Gasteiger partial charge on any atom is -0.397 e. The molecule has 0 aliphatic carbocycles. The van der Waals surface area contributed by atoms with Crippen molar-refractivity contribution in [2.45, 2.75) is 0 Å². The second-order valence-corrected chi connectivity index (χ2v) is 3.75. The monoisotopic (exact) mass is 242 g/mol. The third-order valence-corrected chi connectivity index (χ3v) is 2.42. The van der Waals surface area contributed by atoms with Crippen LogP contribution in [0.2, 0.25) is 0 Å². The molecule has 5 heteroatoms. The Morgan fingerprint density at radius 3 is 1.56 bits per heavy atom. The van der Waals surface area contributed by atoms with Crippen LogP contribution in [0.4, 0.5) is 27.5 Å². The van der Waals surface area contributed by atoms with Crippen LogP contribution in [0.25, 0.3) is 0 Å². The van der Waals surface area contributed by atoms with Crippen LogP contribution in [0, 0.1) is 0 Å². The molecule has 2 rings (SSSR count). The first kappa shape index (κ1) is 11.8. The van der Waals surface area contributed by atoms with E-state index >= 15 is 0 Å². The van der Waals surface area contributed by atoms with E-state index in [-0.39, 0.29) is 6.03 Å². The zero-order chi connectivity index (χ0) is 13.0. The highest BCUT2D eigenvalue weighted by Crippen LogP contribution is 2.19. The summed E-state index contributed by atoms with van der Waals surface area (Å²) in [6, 6.07) is 13.7. The van der Waals surface area contributed by atoms with Gasteiger partial charge in [-0.3, -0.25) is 0 Å². The number of hydrogen-bond acceptors (Lipinski definition) is 3. The Morgan fingerprint density at radius 1 is 0.778 bits per heavy atom. The van der Waals surface area contributed by atoms with Crippen LogP contribution >= 0.6 is 0 Å². The lowest BCUT2D eigenvalue weighted by atomic mass is 10.2. The van der Waals surface area contributed by atoms with Gasteiger partial charge in [0.2, 0.25) is 0 Å². The molecule has 0 bridgehead atoms. The molecule has 2 aromatic carbocycles. The molecule has 0 radical (unpaired) electrons. The lowest BCUT2D eigenvalue weighted by molar-refractivity contribution is 0.262. The predicted molar refractivity (Wildman–Crippen MR) is 74.4 cm³/mol. The van der Waals surface area contributed by atoms with Gasteiger partial charge in [-0.15, -0.1) is 0 Å². The van der Waals surface area contributed by atoms with Crippen LogP contribution in [0.5, 0.6) is 0 Å². The molecular formula is C13H14N4O. The molecule has 0 atom stereocenters. The number of nitrogens with one attached hydrogen (secondary N) is 2. The predicted octanol–water partition coefficient (Wildman–Crippen LogP) is 2.50. The van der Waals surface area contributed by atoms with Crippen molar-refractivity contribution in [2.24, 2.45) is 0 Å². The number of benzene rings is 2.